The number of benzene rings is 3. The fraction of sp³-hybridized carbons (Fsp3) is 0.208. The fourth-order valence-corrected chi connectivity index (χ4v) is 4.20. The molecule has 0 saturated carbocycles. The maximum absolute atomic E-state index is 13.9. The summed E-state index contributed by atoms with van der Waals surface area (Å²) in [4.78, 5) is 12.4. The first-order chi connectivity index (χ1) is 14.7. The number of hydrogen-bond donors (Lipinski definition) is 1. The van der Waals surface area contributed by atoms with Crippen molar-refractivity contribution >= 4 is 23.2 Å². The first kappa shape index (κ1) is 21.4. The Morgan fingerprint density at radius 2 is 1.68 bits per heavy atom. The molecule has 0 heterocycles. The van der Waals surface area contributed by atoms with E-state index in [9.17, 15) is 22.4 Å². The van der Waals surface area contributed by atoms with Gasteiger partial charge in [0.2, 0.25) is 0 Å². The van der Waals surface area contributed by atoms with Crippen molar-refractivity contribution in [1.29, 1.82) is 0 Å². The normalized spacial score (nSPS) is 14.4. The lowest BCUT2D eigenvalue weighted by molar-refractivity contribution is 0.0130. The molecule has 0 unspecified atom stereocenters. The molecule has 0 aromatic heterocycles. The monoisotopic (exact) mass is 447 g/mol. The van der Waals surface area contributed by atoms with Gasteiger partial charge in [0.25, 0.3) is 11.8 Å². The predicted octanol–water partition coefficient (Wildman–Crippen LogP) is 6.83. The van der Waals surface area contributed by atoms with Crippen LogP contribution in [0.15, 0.2) is 48.5 Å². The topological polar surface area (TPSA) is 29.1 Å². The van der Waals surface area contributed by atoms with Crippen LogP contribution < -0.4 is 5.32 Å². The first-order valence-electron chi connectivity index (χ1n) is 9.76. The Balaban J connectivity index is 1.66. The molecule has 0 atom stereocenters. The maximum atomic E-state index is 13.9. The summed E-state index contributed by atoms with van der Waals surface area (Å²) >= 11 is 6.37. The second kappa shape index (κ2) is 8.00. The van der Waals surface area contributed by atoms with Crippen molar-refractivity contribution in [3.05, 3.63) is 87.4 Å². The number of halogens is 5. The van der Waals surface area contributed by atoms with Crippen LogP contribution in [0.3, 0.4) is 0 Å². The molecule has 1 aliphatic rings. The van der Waals surface area contributed by atoms with E-state index in [1.165, 1.54) is 6.07 Å². The van der Waals surface area contributed by atoms with Crippen LogP contribution in [0.1, 0.15) is 34.0 Å². The van der Waals surface area contributed by atoms with E-state index in [1.807, 2.05) is 6.92 Å². The number of fused-ring (bicyclic) bond motifs is 1. The van der Waals surface area contributed by atoms with Gasteiger partial charge in [0.1, 0.15) is 17.2 Å². The summed E-state index contributed by atoms with van der Waals surface area (Å²) in [6, 6.07) is 11.6. The van der Waals surface area contributed by atoms with E-state index < -0.39 is 29.0 Å². The molecule has 0 bridgehead atoms. The lowest BCUT2D eigenvalue weighted by Crippen LogP contribution is -2.16. The molecule has 31 heavy (non-hydrogen) atoms. The van der Waals surface area contributed by atoms with Crippen LogP contribution in [0, 0.1) is 11.6 Å². The molecule has 0 aliphatic heterocycles. The number of amides is 1. The molecule has 1 N–H and O–H groups in total. The smallest absolute Gasteiger partial charge is 0.261 e. The number of rotatable bonds is 4. The highest BCUT2D eigenvalue weighted by Crippen LogP contribution is 2.40. The van der Waals surface area contributed by atoms with Crippen LogP contribution in [0.4, 0.5) is 23.2 Å². The summed E-state index contributed by atoms with van der Waals surface area (Å²) < 4.78 is 55.3. The van der Waals surface area contributed by atoms with Crippen molar-refractivity contribution in [3.8, 4) is 11.1 Å². The van der Waals surface area contributed by atoms with Crippen LogP contribution in [0.25, 0.3) is 11.1 Å². The highest BCUT2D eigenvalue weighted by atomic mass is 35.5. The number of hydrogen-bond acceptors (Lipinski definition) is 1. The Kier molecular flexibility index (Phi) is 5.52. The highest BCUT2D eigenvalue weighted by molar-refractivity contribution is 6.33. The minimum absolute atomic E-state index is 0.319. The van der Waals surface area contributed by atoms with Gasteiger partial charge in [-0.1, -0.05) is 30.7 Å². The molecule has 0 saturated heterocycles. The molecule has 3 aromatic carbocycles. The Morgan fingerprint density at radius 1 is 1.03 bits per heavy atom. The summed E-state index contributed by atoms with van der Waals surface area (Å²) in [5.74, 6) is -5.56. The maximum Gasteiger partial charge on any atom is 0.261 e. The van der Waals surface area contributed by atoms with Gasteiger partial charge in [-0.25, -0.2) is 17.6 Å². The Hall–Kier alpha value is -2.86. The van der Waals surface area contributed by atoms with Gasteiger partial charge in [-0.15, -0.1) is 0 Å². The van der Waals surface area contributed by atoms with Crippen molar-refractivity contribution in [2.24, 2.45) is 0 Å². The molecule has 7 heteroatoms. The summed E-state index contributed by atoms with van der Waals surface area (Å²) in [6.45, 7) is 1.86. The Bertz CT molecular complexity index is 1170. The van der Waals surface area contributed by atoms with Gasteiger partial charge in [0.05, 0.1) is 0 Å². The van der Waals surface area contributed by atoms with Gasteiger partial charge in [-0.3, -0.25) is 4.79 Å². The third-order valence-electron chi connectivity index (χ3n) is 5.42. The predicted molar refractivity (Wildman–Crippen MR) is 113 cm³/mol. The zero-order chi connectivity index (χ0) is 22.3. The van der Waals surface area contributed by atoms with Crippen LogP contribution in [0.5, 0.6) is 0 Å². The quantitative estimate of drug-likeness (QED) is 0.436. The summed E-state index contributed by atoms with van der Waals surface area (Å²) in [5, 5.41) is 2.92. The Morgan fingerprint density at radius 3 is 2.32 bits per heavy atom. The van der Waals surface area contributed by atoms with Gasteiger partial charge in [0, 0.05) is 29.1 Å². The number of aryl methyl sites for hydroxylation is 1. The average Bonchev–Trinajstić information content (AvgIpc) is 3.00. The van der Waals surface area contributed by atoms with Gasteiger partial charge in [-0.2, -0.15) is 0 Å². The number of carbonyl (C=O) groups is 1. The van der Waals surface area contributed by atoms with E-state index >= 15 is 0 Å². The van der Waals surface area contributed by atoms with Crippen LogP contribution in [-0.4, -0.2) is 11.8 Å². The molecule has 1 amide bonds. The third kappa shape index (κ3) is 4.17. The molecular formula is C24H18ClF4NO. The van der Waals surface area contributed by atoms with Crippen LogP contribution in [0.2, 0.25) is 5.02 Å². The standard InChI is InChI=1S/C24H18ClF4NO/c1-2-13-8-14(17-9-15-11-24(28,29)12-16(15)10-18(17)25)6-7-21(13)30-23(31)22-19(26)4-3-5-20(22)27/h3-10H,2,11-12H2,1H3,(H,30,31). The second-order valence-electron chi connectivity index (χ2n) is 7.59. The van der Waals surface area contributed by atoms with Gasteiger partial charge >= 0.3 is 0 Å². The van der Waals surface area contributed by atoms with Crippen molar-refractivity contribution in [3.63, 3.8) is 0 Å². The Labute approximate surface area is 181 Å². The summed E-state index contributed by atoms with van der Waals surface area (Å²) in [5.41, 5.74) is 2.89. The van der Waals surface area contributed by atoms with Crippen LogP contribution in [-0.2, 0) is 19.3 Å². The lowest BCUT2D eigenvalue weighted by atomic mass is 9.97. The number of anilines is 1. The summed E-state index contributed by atoms with van der Waals surface area (Å²) in [6.07, 6.45) is -0.126. The van der Waals surface area contributed by atoms with Crippen LogP contribution >= 0.6 is 11.6 Å². The first-order valence-corrected chi connectivity index (χ1v) is 10.1. The average molecular weight is 448 g/mol. The molecule has 0 fully saturated rings. The molecule has 3 aromatic rings. The van der Waals surface area contributed by atoms with E-state index in [0.717, 1.165) is 12.1 Å². The van der Waals surface area contributed by atoms with E-state index in [0.29, 0.717) is 44.9 Å². The van der Waals surface area contributed by atoms with E-state index in [1.54, 1.807) is 30.3 Å². The van der Waals surface area contributed by atoms with Crippen molar-refractivity contribution in [2.75, 3.05) is 5.32 Å². The SMILES string of the molecule is CCc1cc(-c2cc3c(cc2Cl)CC(F)(F)C3)ccc1NC(=O)c1c(F)cccc1F. The molecule has 0 radical (unpaired) electrons. The minimum Gasteiger partial charge on any atom is -0.322 e. The number of carbonyl (C=O) groups excluding carboxylic acids is 1. The molecule has 1 aliphatic carbocycles. The van der Waals surface area contributed by atoms with Gasteiger partial charge in [0.15, 0.2) is 0 Å². The number of nitrogens with one attached hydrogen (secondary N) is 1. The third-order valence-corrected chi connectivity index (χ3v) is 5.74. The van der Waals surface area contributed by atoms with Crippen molar-refractivity contribution in [1.82, 2.24) is 0 Å². The number of alkyl halides is 2. The molecule has 2 nitrogen and oxygen atoms in total. The fourth-order valence-electron chi connectivity index (χ4n) is 3.90. The molecule has 160 valence electrons. The van der Waals surface area contributed by atoms with Crippen molar-refractivity contribution < 1.29 is 22.4 Å². The molecule has 0 spiro atoms. The van der Waals surface area contributed by atoms with Crippen molar-refractivity contribution in [2.45, 2.75) is 32.1 Å². The van der Waals surface area contributed by atoms with Gasteiger partial charge < -0.3 is 5.32 Å². The minimum atomic E-state index is -2.77. The zero-order valence-electron chi connectivity index (χ0n) is 16.5. The molecular weight excluding hydrogens is 430 g/mol. The molecule has 4 rings (SSSR count). The lowest BCUT2D eigenvalue weighted by Gasteiger charge is -2.14. The second-order valence-corrected chi connectivity index (χ2v) is 7.99. The highest BCUT2D eigenvalue weighted by Gasteiger charge is 2.37. The summed E-state index contributed by atoms with van der Waals surface area (Å²) in [7, 11) is 0. The van der Waals surface area contributed by atoms with Gasteiger partial charge in [-0.05, 0) is 65.1 Å². The zero-order valence-corrected chi connectivity index (χ0v) is 17.3. The van der Waals surface area contributed by atoms with E-state index in [2.05, 4.69) is 5.32 Å². The van der Waals surface area contributed by atoms with E-state index in [4.69, 9.17) is 11.6 Å². The largest absolute Gasteiger partial charge is 0.322 e. The van der Waals surface area contributed by atoms with E-state index in [-0.39, 0.29) is 12.8 Å².